The lowest BCUT2D eigenvalue weighted by Crippen LogP contribution is -2.47. The van der Waals surface area contributed by atoms with Crippen molar-refractivity contribution in [1.29, 1.82) is 0 Å². The van der Waals surface area contributed by atoms with Gasteiger partial charge in [-0.2, -0.15) is 0 Å². The first-order chi connectivity index (χ1) is 14.9. The highest BCUT2D eigenvalue weighted by Crippen LogP contribution is 2.26. The van der Waals surface area contributed by atoms with Crippen molar-refractivity contribution in [2.75, 3.05) is 26.3 Å². The number of carbonyl (C=O) groups is 1. The van der Waals surface area contributed by atoms with E-state index in [9.17, 15) is 13.2 Å². The number of sulfonamides is 1. The molecule has 0 spiro atoms. The van der Waals surface area contributed by atoms with Crippen LogP contribution < -0.4 is 14.2 Å². The van der Waals surface area contributed by atoms with Gasteiger partial charge in [-0.05, 0) is 56.0 Å². The van der Waals surface area contributed by atoms with E-state index in [0.29, 0.717) is 44.0 Å². The Balaban J connectivity index is 1.49. The van der Waals surface area contributed by atoms with Crippen LogP contribution in [0.5, 0.6) is 11.5 Å². The van der Waals surface area contributed by atoms with Crippen molar-refractivity contribution in [3.05, 3.63) is 54.1 Å². The lowest BCUT2D eigenvalue weighted by atomic mass is 10.1. The van der Waals surface area contributed by atoms with Crippen molar-refractivity contribution in [2.45, 2.75) is 44.0 Å². The number of rotatable bonds is 9. The minimum Gasteiger partial charge on any atom is -0.490 e. The molecular weight excluding hydrogens is 416 g/mol. The van der Waals surface area contributed by atoms with Crippen LogP contribution in [0.1, 0.15) is 32.3 Å². The molecule has 0 atom stereocenters. The Labute approximate surface area is 184 Å². The van der Waals surface area contributed by atoms with Gasteiger partial charge < -0.3 is 14.4 Å². The van der Waals surface area contributed by atoms with Gasteiger partial charge in [0.25, 0.3) is 5.91 Å². The van der Waals surface area contributed by atoms with Gasteiger partial charge in [0, 0.05) is 19.1 Å². The summed E-state index contributed by atoms with van der Waals surface area (Å²) in [6, 6.07) is 14.0. The lowest BCUT2D eigenvalue weighted by molar-refractivity contribution is -0.134. The number of nitrogens with zero attached hydrogens (tertiary/aromatic N) is 1. The molecule has 1 amide bonds. The van der Waals surface area contributed by atoms with Crippen molar-refractivity contribution in [3.63, 3.8) is 0 Å². The Morgan fingerprint density at radius 1 is 1.00 bits per heavy atom. The summed E-state index contributed by atoms with van der Waals surface area (Å²) in [5.41, 5.74) is 1.09. The molecule has 8 heteroatoms. The number of hydrogen-bond acceptors (Lipinski definition) is 5. The van der Waals surface area contributed by atoms with Crippen molar-refractivity contribution in [3.8, 4) is 11.5 Å². The average molecular weight is 447 g/mol. The zero-order valence-electron chi connectivity index (χ0n) is 18.0. The van der Waals surface area contributed by atoms with Crippen molar-refractivity contribution in [2.24, 2.45) is 0 Å². The van der Waals surface area contributed by atoms with E-state index in [-0.39, 0.29) is 23.5 Å². The van der Waals surface area contributed by atoms with Gasteiger partial charge in [-0.3, -0.25) is 4.79 Å². The second-order valence-electron chi connectivity index (χ2n) is 7.44. The summed E-state index contributed by atoms with van der Waals surface area (Å²) in [6.07, 6.45) is 1.99. The van der Waals surface area contributed by atoms with Gasteiger partial charge in [-0.25, -0.2) is 13.1 Å². The molecule has 0 bridgehead atoms. The van der Waals surface area contributed by atoms with E-state index in [0.717, 1.165) is 12.0 Å². The number of nitrogens with one attached hydrogen (secondary N) is 1. The van der Waals surface area contributed by atoms with Crippen LogP contribution >= 0.6 is 0 Å². The third-order valence-corrected chi connectivity index (χ3v) is 6.85. The number of para-hydroxylation sites is 2. The number of likely N-dealkylation sites (tertiary alicyclic amines) is 1. The van der Waals surface area contributed by atoms with E-state index in [1.165, 1.54) is 0 Å². The maximum absolute atomic E-state index is 12.6. The first-order valence-electron chi connectivity index (χ1n) is 10.7. The van der Waals surface area contributed by atoms with Crippen molar-refractivity contribution < 1.29 is 22.7 Å². The minimum atomic E-state index is -3.57. The molecular formula is C23H30N2O5S. The maximum Gasteiger partial charge on any atom is 0.260 e. The fraction of sp³-hybridized carbons (Fsp3) is 0.435. The summed E-state index contributed by atoms with van der Waals surface area (Å²) in [7, 11) is -3.57. The number of amides is 1. The molecule has 0 aromatic heterocycles. The van der Waals surface area contributed by atoms with Crippen LogP contribution in [0.3, 0.4) is 0 Å². The fourth-order valence-electron chi connectivity index (χ4n) is 3.51. The van der Waals surface area contributed by atoms with Crippen LogP contribution in [0.2, 0.25) is 0 Å². The van der Waals surface area contributed by atoms with E-state index >= 15 is 0 Å². The molecule has 1 N–H and O–H groups in total. The third kappa shape index (κ3) is 6.21. The van der Waals surface area contributed by atoms with E-state index < -0.39 is 10.0 Å². The Hall–Kier alpha value is -2.58. The minimum absolute atomic E-state index is 0.0791. The highest BCUT2D eigenvalue weighted by Gasteiger charge is 2.27. The molecule has 168 valence electrons. The molecule has 1 saturated heterocycles. The number of carbonyl (C=O) groups excluding carboxylic acids is 1. The summed E-state index contributed by atoms with van der Waals surface area (Å²) in [5, 5.41) is 0. The molecule has 3 rings (SSSR count). The zero-order chi connectivity index (χ0) is 22.3. The van der Waals surface area contributed by atoms with Crippen LogP contribution in [0.25, 0.3) is 0 Å². The Kier molecular flexibility index (Phi) is 7.92. The molecule has 7 nitrogen and oxygen atoms in total. The Morgan fingerprint density at radius 2 is 1.61 bits per heavy atom. The molecule has 0 radical (unpaired) electrons. The summed E-state index contributed by atoms with van der Waals surface area (Å²) in [4.78, 5) is 14.5. The first kappa shape index (κ1) is 23.1. The molecule has 0 unspecified atom stereocenters. The second kappa shape index (κ2) is 10.6. The topological polar surface area (TPSA) is 84.9 Å². The van der Waals surface area contributed by atoms with Gasteiger partial charge in [-0.15, -0.1) is 0 Å². The fourth-order valence-corrected chi connectivity index (χ4v) is 4.82. The number of ether oxygens (including phenoxy) is 2. The smallest absolute Gasteiger partial charge is 0.260 e. The van der Waals surface area contributed by atoms with Crippen molar-refractivity contribution >= 4 is 15.9 Å². The highest BCUT2D eigenvalue weighted by atomic mass is 32.2. The van der Waals surface area contributed by atoms with Gasteiger partial charge in [-0.1, -0.05) is 31.2 Å². The average Bonchev–Trinajstić information content (AvgIpc) is 2.79. The summed E-state index contributed by atoms with van der Waals surface area (Å²) in [6.45, 7) is 5.32. The van der Waals surface area contributed by atoms with Gasteiger partial charge in [0.1, 0.15) is 0 Å². The second-order valence-corrected chi connectivity index (χ2v) is 9.16. The van der Waals surface area contributed by atoms with E-state index in [1.54, 1.807) is 29.2 Å². The van der Waals surface area contributed by atoms with Crippen LogP contribution in [0.15, 0.2) is 53.4 Å². The predicted octanol–water partition coefficient (Wildman–Crippen LogP) is 3.00. The molecule has 2 aromatic carbocycles. The van der Waals surface area contributed by atoms with Gasteiger partial charge in [0.15, 0.2) is 18.1 Å². The molecule has 1 fully saturated rings. The first-order valence-corrected chi connectivity index (χ1v) is 12.1. The quantitative estimate of drug-likeness (QED) is 0.640. The molecule has 31 heavy (non-hydrogen) atoms. The molecule has 1 aliphatic heterocycles. The number of benzene rings is 2. The Bertz CT molecular complexity index is 968. The molecule has 1 aliphatic rings. The number of hydrogen-bond donors (Lipinski definition) is 1. The van der Waals surface area contributed by atoms with Crippen LogP contribution in [-0.4, -0.2) is 51.6 Å². The molecule has 0 aliphatic carbocycles. The number of piperidine rings is 1. The number of aryl methyl sites for hydroxylation is 1. The van der Waals surface area contributed by atoms with Gasteiger partial charge >= 0.3 is 0 Å². The van der Waals surface area contributed by atoms with Crippen molar-refractivity contribution in [1.82, 2.24) is 9.62 Å². The summed E-state index contributed by atoms with van der Waals surface area (Å²) < 4.78 is 39.2. The monoisotopic (exact) mass is 446 g/mol. The standard InChI is InChI=1S/C23H30N2O5S/c1-3-18-9-11-20(12-10-18)31(27,28)24-19-13-15-25(16-14-19)23(26)17-30-22-8-6-5-7-21(22)29-4-2/h5-12,19,24H,3-4,13-17H2,1-2H3. The summed E-state index contributed by atoms with van der Waals surface area (Å²) in [5.74, 6) is 1.02. The highest BCUT2D eigenvalue weighted by molar-refractivity contribution is 7.89. The SMILES string of the molecule is CCOc1ccccc1OCC(=O)N1CCC(NS(=O)(=O)c2ccc(CC)cc2)CC1. The predicted molar refractivity (Wildman–Crippen MR) is 119 cm³/mol. The summed E-state index contributed by atoms with van der Waals surface area (Å²) >= 11 is 0. The third-order valence-electron chi connectivity index (χ3n) is 5.31. The largest absolute Gasteiger partial charge is 0.490 e. The molecule has 0 saturated carbocycles. The zero-order valence-corrected chi connectivity index (χ0v) is 18.9. The van der Waals surface area contributed by atoms with Gasteiger partial charge in [0.2, 0.25) is 10.0 Å². The van der Waals surface area contributed by atoms with Crippen LogP contribution in [0, 0.1) is 0 Å². The maximum atomic E-state index is 12.6. The Morgan fingerprint density at radius 3 is 2.19 bits per heavy atom. The van der Waals surface area contributed by atoms with E-state index in [2.05, 4.69) is 4.72 Å². The normalized spacial score (nSPS) is 15.0. The van der Waals surface area contributed by atoms with E-state index in [4.69, 9.17) is 9.47 Å². The molecule has 2 aromatic rings. The van der Waals surface area contributed by atoms with Crippen LogP contribution in [0.4, 0.5) is 0 Å². The van der Waals surface area contributed by atoms with Crippen LogP contribution in [-0.2, 0) is 21.2 Å². The molecule has 1 heterocycles. The lowest BCUT2D eigenvalue weighted by Gasteiger charge is -2.32. The van der Waals surface area contributed by atoms with Gasteiger partial charge in [0.05, 0.1) is 11.5 Å². The van der Waals surface area contributed by atoms with E-state index in [1.807, 2.05) is 38.1 Å².